The number of hydrogen-bond acceptors (Lipinski definition) is 1. The molecule has 0 aliphatic rings. The fourth-order valence-corrected chi connectivity index (χ4v) is 0. The third-order valence-electron chi connectivity index (χ3n) is 0.289. The molecular weight excluding hydrogens is 158 g/mol. The minimum atomic E-state index is 0.819. The average molecular weight is 193 g/mol. The molecule has 0 saturated heterocycles. The van der Waals surface area contributed by atoms with Crippen molar-refractivity contribution in [1.82, 2.24) is 0 Å². The van der Waals surface area contributed by atoms with E-state index in [0.717, 1.165) is 13.0 Å². The zero-order valence-corrected chi connectivity index (χ0v) is 11.7. The van der Waals surface area contributed by atoms with E-state index in [1.54, 1.807) is 0 Å². The van der Waals surface area contributed by atoms with Crippen molar-refractivity contribution in [1.29, 1.82) is 0 Å². The molecule has 2 N–H and O–H groups in total. The molecule has 0 radical (unpaired) electrons. The van der Waals surface area contributed by atoms with Gasteiger partial charge in [-0.15, -0.1) is 0 Å². The van der Waals surface area contributed by atoms with Crippen molar-refractivity contribution < 1.29 is 0 Å². The van der Waals surface area contributed by atoms with Gasteiger partial charge in [-0.25, -0.2) is 0 Å². The molecule has 0 aromatic rings. The number of nitrogens with two attached hydrogens (primary N) is 1. The lowest BCUT2D eigenvalue weighted by Crippen LogP contribution is -1.93. The molecule has 0 spiro atoms. The first-order valence-electron chi connectivity index (χ1n) is 6.03. The summed E-state index contributed by atoms with van der Waals surface area (Å²) in [5, 5.41) is 0. The van der Waals surface area contributed by atoms with Crippen LogP contribution in [-0.4, -0.2) is 6.54 Å². The van der Waals surface area contributed by atoms with E-state index in [2.05, 4.69) is 20.8 Å². The standard InChI is InChI=1S/C3H9N.C3H8.3C2H6/c1-2-3-4;1-3-2;3*1-2/h2-4H2,1H3;3H2,1-2H3;3*1-2H3. The summed E-state index contributed by atoms with van der Waals surface area (Å²) in [6, 6.07) is 0. The predicted molar refractivity (Wildman–Crippen MR) is 69.4 cm³/mol. The third kappa shape index (κ3) is 1290. The maximum Gasteiger partial charge on any atom is -0.00799 e. The van der Waals surface area contributed by atoms with Gasteiger partial charge in [0, 0.05) is 0 Å². The van der Waals surface area contributed by atoms with Gasteiger partial charge in [-0.3, -0.25) is 0 Å². The molecule has 0 rings (SSSR count). The molecule has 0 amide bonds. The molecule has 0 aromatic heterocycles. The van der Waals surface area contributed by atoms with Crippen LogP contribution in [0.5, 0.6) is 0 Å². The summed E-state index contributed by atoms with van der Waals surface area (Å²) < 4.78 is 0. The van der Waals surface area contributed by atoms with Gasteiger partial charge in [0.15, 0.2) is 0 Å². The van der Waals surface area contributed by atoms with Gasteiger partial charge < -0.3 is 5.73 Å². The van der Waals surface area contributed by atoms with Crippen molar-refractivity contribution in [3.8, 4) is 0 Å². The van der Waals surface area contributed by atoms with Crippen LogP contribution in [-0.2, 0) is 0 Å². The van der Waals surface area contributed by atoms with Crippen LogP contribution >= 0.6 is 0 Å². The normalized spacial score (nSPS) is 5.08. The zero-order valence-electron chi connectivity index (χ0n) is 11.7. The molecule has 0 bridgehead atoms. The first-order valence-corrected chi connectivity index (χ1v) is 6.03. The van der Waals surface area contributed by atoms with Gasteiger partial charge in [0.2, 0.25) is 0 Å². The van der Waals surface area contributed by atoms with E-state index in [1.807, 2.05) is 41.5 Å². The minimum absolute atomic E-state index is 0.819. The Hall–Kier alpha value is -0.0400. The summed E-state index contributed by atoms with van der Waals surface area (Å²) >= 11 is 0. The summed E-state index contributed by atoms with van der Waals surface area (Å²) in [5.41, 5.74) is 5.03. The van der Waals surface area contributed by atoms with Gasteiger partial charge in [0.1, 0.15) is 0 Å². The van der Waals surface area contributed by atoms with Crippen molar-refractivity contribution in [3.63, 3.8) is 0 Å². The lowest BCUT2D eigenvalue weighted by Gasteiger charge is -1.70. The highest BCUT2D eigenvalue weighted by atomic mass is 14.5. The first kappa shape index (κ1) is 29.3. The Morgan fingerprint density at radius 1 is 0.692 bits per heavy atom. The second kappa shape index (κ2) is 164. The fraction of sp³-hybridized carbons (Fsp3) is 1.00. The molecule has 1 heteroatoms. The smallest absolute Gasteiger partial charge is 0.00799 e. The lowest BCUT2D eigenvalue weighted by molar-refractivity contribution is 0.932. The van der Waals surface area contributed by atoms with Crippen LogP contribution in [0.15, 0.2) is 0 Å². The average Bonchev–Trinajstić information content (AvgIpc) is 2.27. The van der Waals surface area contributed by atoms with E-state index in [9.17, 15) is 0 Å². The monoisotopic (exact) mass is 193 g/mol. The fourth-order valence-electron chi connectivity index (χ4n) is 0. The molecule has 0 aromatic carbocycles. The highest BCUT2D eigenvalue weighted by molar-refractivity contribution is 4.19. The lowest BCUT2D eigenvalue weighted by atomic mass is 10.5. The maximum atomic E-state index is 5.03. The summed E-state index contributed by atoms with van der Waals surface area (Å²) in [6.45, 7) is 19.1. The third-order valence-corrected chi connectivity index (χ3v) is 0.289. The highest BCUT2D eigenvalue weighted by Gasteiger charge is 1.55. The second-order valence-corrected chi connectivity index (χ2v) is 1.50. The SMILES string of the molecule is CC.CC.CC.CCC.CCCN. The molecule has 0 aliphatic heterocycles. The van der Waals surface area contributed by atoms with Crippen LogP contribution in [0.2, 0.25) is 0 Å². The summed E-state index contributed by atoms with van der Waals surface area (Å²) in [5.74, 6) is 0. The first-order chi connectivity index (χ1) is 6.33. The molecule has 0 saturated carbocycles. The summed E-state index contributed by atoms with van der Waals surface area (Å²) in [6.07, 6.45) is 2.35. The molecule has 0 unspecified atom stereocenters. The van der Waals surface area contributed by atoms with E-state index in [4.69, 9.17) is 5.73 Å². The van der Waals surface area contributed by atoms with Gasteiger partial charge in [-0.2, -0.15) is 0 Å². The van der Waals surface area contributed by atoms with Gasteiger partial charge in [0.05, 0.1) is 0 Å². The quantitative estimate of drug-likeness (QED) is 0.633. The van der Waals surface area contributed by atoms with Crippen LogP contribution in [0.3, 0.4) is 0 Å². The van der Waals surface area contributed by atoms with Crippen molar-refractivity contribution >= 4 is 0 Å². The molecular formula is C12H35N. The summed E-state index contributed by atoms with van der Waals surface area (Å²) in [7, 11) is 0. The Kier molecular flexibility index (Phi) is 369. The van der Waals surface area contributed by atoms with E-state index < -0.39 is 0 Å². The van der Waals surface area contributed by atoms with Crippen LogP contribution in [0, 0.1) is 0 Å². The maximum absolute atomic E-state index is 5.03. The van der Waals surface area contributed by atoms with Crippen molar-refractivity contribution in [2.24, 2.45) is 5.73 Å². The molecule has 88 valence electrons. The second-order valence-electron chi connectivity index (χ2n) is 1.50. The Morgan fingerprint density at radius 2 is 0.769 bits per heavy atom. The van der Waals surface area contributed by atoms with E-state index >= 15 is 0 Å². The Bertz CT molecular complexity index is 12.6. The number of hydrogen-bond donors (Lipinski definition) is 1. The van der Waals surface area contributed by atoms with Crippen molar-refractivity contribution in [3.05, 3.63) is 0 Å². The summed E-state index contributed by atoms with van der Waals surface area (Å²) in [4.78, 5) is 0. The molecule has 0 aliphatic carbocycles. The van der Waals surface area contributed by atoms with E-state index in [1.165, 1.54) is 6.42 Å². The largest absolute Gasteiger partial charge is 0.330 e. The van der Waals surface area contributed by atoms with Crippen LogP contribution in [0.1, 0.15) is 75.2 Å². The molecule has 1 nitrogen and oxygen atoms in total. The Labute approximate surface area is 88.1 Å². The Balaban J connectivity index is -0.0000000215. The van der Waals surface area contributed by atoms with Crippen LogP contribution in [0.25, 0.3) is 0 Å². The van der Waals surface area contributed by atoms with Crippen molar-refractivity contribution in [2.45, 2.75) is 75.2 Å². The predicted octanol–water partition coefficient (Wildman–Crippen LogP) is 4.85. The van der Waals surface area contributed by atoms with Gasteiger partial charge in [-0.1, -0.05) is 68.7 Å². The molecule has 0 atom stereocenters. The molecule has 0 heterocycles. The van der Waals surface area contributed by atoms with Gasteiger partial charge >= 0.3 is 0 Å². The van der Waals surface area contributed by atoms with Crippen molar-refractivity contribution in [2.75, 3.05) is 6.54 Å². The topological polar surface area (TPSA) is 26.0 Å². The van der Waals surface area contributed by atoms with E-state index in [0.29, 0.717) is 0 Å². The number of rotatable bonds is 1. The Morgan fingerprint density at radius 3 is 0.769 bits per heavy atom. The van der Waals surface area contributed by atoms with Crippen LogP contribution in [0.4, 0.5) is 0 Å². The molecule has 0 fully saturated rings. The molecule has 13 heavy (non-hydrogen) atoms. The zero-order chi connectivity index (χ0) is 12.1. The van der Waals surface area contributed by atoms with Gasteiger partial charge in [-0.05, 0) is 13.0 Å². The minimum Gasteiger partial charge on any atom is -0.330 e. The van der Waals surface area contributed by atoms with E-state index in [-0.39, 0.29) is 0 Å². The highest BCUT2D eigenvalue weighted by Crippen LogP contribution is 1.57. The van der Waals surface area contributed by atoms with Gasteiger partial charge in [0.25, 0.3) is 0 Å². The van der Waals surface area contributed by atoms with Crippen LogP contribution < -0.4 is 5.73 Å².